The van der Waals surface area contributed by atoms with Crippen molar-refractivity contribution < 1.29 is 19.6 Å². The molecule has 0 bridgehead atoms. The number of hydrogen-bond acceptors (Lipinski definition) is 5. The van der Waals surface area contributed by atoms with Crippen molar-refractivity contribution in [2.75, 3.05) is 6.54 Å². The third-order valence-corrected chi connectivity index (χ3v) is 3.13. The number of aromatic nitrogens is 2. The molecule has 0 aliphatic heterocycles. The van der Waals surface area contributed by atoms with Crippen molar-refractivity contribution in [3.63, 3.8) is 0 Å². The molecule has 1 amide bonds. The molecule has 0 radical (unpaired) electrons. The molecular formula is C12H18N4O5. The smallest absolute Gasteiger partial charge is 0.312 e. The van der Waals surface area contributed by atoms with Crippen molar-refractivity contribution in [1.29, 1.82) is 0 Å². The Hall–Kier alpha value is -2.45. The molecule has 0 saturated heterocycles. The quantitative estimate of drug-likeness (QED) is 0.586. The van der Waals surface area contributed by atoms with Gasteiger partial charge in [0.25, 0.3) is 0 Å². The Morgan fingerprint density at radius 3 is 2.43 bits per heavy atom. The molecule has 0 aliphatic carbocycles. The second-order valence-electron chi connectivity index (χ2n) is 5.40. The zero-order valence-corrected chi connectivity index (χ0v) is 12.3. The van der Waals surface area contributed by atoms with Crippen LogP contribution in [0.2, 0.25) is 0 Å². The molecule has 1 aromatic heterocycles. The summed E-state index contributed by atoms with van der Waals surface area (Å²) in [6.45, 7) is 5.74. The van der Waals surface area contributed by atoms with E-state index in [1.807, 2.05) is 0 Å². The number of rotatable bonds is 6. The second-order valence-corrected chi connectivity index (χ2v) is 5.40. The van der Waals surface area contributed by atoms with E-state index in [0.717, 1.165) is 0 Å². The lowest BCUT2D eigenvalue weighted by Crippen LogP contribution is -2.40. The van der Waals surface area contributed by atoms with Gasteiger partial charge in [-0.3, -0.25) is 24.4 Å². The lowest BCUT2D eigenvalue weighted by Gasteiger charge is -2.19. The molecule has 116 valence electrons. The van der Waals surface area contributed by atoms with E-state index in [4.69, 9.17) is 5.11 Å². The molecule has 0 aromatic carbocycles. The number of nitro groups is 1. The predicted octanol–water partition coefficient (Wildman–Crippen LogP) is 0.635. The lowest BCUT2D eigenvalue weighted by molar-refractivity contribution is -0.386. The van der Waals surface area contributed by atoms with E-state index in [-0.39, 0.29) is 30.2 Å². The SMILES string of the molecule is Cc1nn(CC(=O)NCC(C)(C)C(=O)O)c(C)c1[N+](=O)[O-]. The number of carboxylic acid groups (broad SMARTS) is 1. The van der Waals surface area contributed by atoms with Crippen LogP contribution in [0, 0.1) is 29.4 Å². The highest BCUT2D eigenvalue weighted by Gasteiger charge is 2.28. The van der Waals surface area contributed by atoms with Gasteiger partial charge in [0.05, 0.1) is 10.3 Å². The highest BCUT2D eigenvalue weighted by molar-refractivity contribution is 5.78. The van der Waals surface area contributed by atoms with Gasteiger partial charge in [0.1, 0.15) is 17.9 Å². The number of carboxylic acids is 1. The van der Waals surface area contributed by atoms with Crippen LogP contribution in [0.1, 0.15) is 25.2 Å². The first kappa shape index (κ1) is 16.6. The molecule has 1 heterocycles. The van der Waals surface area contributed by atoms with E-state index in [2.05, 4.69) is 10.4 Å². The van der Waals surface area contributed by atoms with Crippen LogP contribution in [0.25, 0.3) is 0 Å². The fourth-order valence-corrected chi connectivity index (χ4v) is 1.69. The Balaban J connectivity index is 2.75. The maximum atomic E-state index is 11.8. The van der Waals surface area contributed by atoms with E-state index in [9.17, 15) is 19.7 Å². The average molecular weight is 298 g/mol. The number of carbonyl (C=O) groups excluding carboxylic acids is 1. The van der Waals surface area contributed by atoms with Crippen LogP contribution in [0.4, 0.5) is 5.69 Å². The summed E-state index contributed by atoms with van der Waals surface area (Å²) < 4.78 is 1.23. The van der Waals surface area contributed by atoms with Gasteiger partial charge in [-0.25, -0.2) is 0 Å². The van der Waals surface area contributed by atoms with Gasteiger partial charge in [-0.1, -0.05) is 0 Å². The number of carbonyl (C=O) groups is 2. The van der Waals surface area contributed by atoms with E-state index >= 15 is 0 Å². The van der Waals surface area contributed by atoms with Crippen molar-refractivity contribution in [3.05, 3.63) is 21.5 Å². The first-order chi connectivity index (χ1) is 9.56. The fourth-order valence-electron chi connectivity index (χ4n) is 1.69. The number of aryl methyl sites for hydroxylation is 1. The number of nitrogens with zero attached hydrogens (tertiary/aromatic N) is 3. The summed E-state index contributed by atoms with van der Waals surface area (Å²) in [5, 5.41) is 26.2. The topological polar surface area (TPSA) is 127 Å². The molecule has 2 N–H and O–H groups in total. The number of aliphatic carboxylic acids is 1. The van der Waals surface area contributed by atoms with Crippen LogP contribution in [0.15, 0.2) is 0 Å². The van der Waals surface area contributed by atoms with Crippen molar-refractivity contribution in [2.45, 2.75) is 34.2 Å². The summed E-state index contributed by atoms with van der Waals surface area (Å²) in [5.41, 5.74) is -0.688. The third kappa shape index (κ3) is 3.77. The van der Waals surface area contributed by atoms with Crippen molar-refractivity contribution in [1.82, 2.24) is 15.1 Å². The predicted molar refractivity (Wildman–Crippen MR) is 72.8 cm³/mol. The Morgan fingerprint density at radius 2 is 2.00 bits per heavy atom. The molecule has 1 aromatic rings. The van der Waals surface area contributed by atoms with Gasteiger partial charge in [-0.05, 0) is 27.7 Å². The average Bonchev–Trinajstić information content (AvgIpc) is 2.61. The summed E-state index contributed by atoms with van der Waals surface area (Å²) in [6, 6.07) is 0. The van der Waals surface area contributed by atoms with Crippen molar-refractivity contribution in [3.8, 4) is 0 Å². The minimum absolute atomic E-state index is 0.0391. The van der Waals surface area contributed by atoms with Gasteiger partial charge >= 0.3 is 11.7 Å². The number of hydrogen-bond donors (Lipinski definition) is 2. The Kier molecular flexibility index (Phi) is 4.66. The fraction of sp³-hybridized carbons (Fsp3) is 0.583. The monoisotopic (exact) mass is 298 g/mol. The molecule has 0 atom stereocenters. The summed E-state index contributed by atoms with van der Waals surface area (Å²) in [4.78, 5) is 33.0. The van der Waals surface area contributed by atoms with Gasteiger partial charge in [-0.2, -0.15) is 5.10 Å². The summed E-state index contributed by atoms with van der Waals surface area (Å²) >= 11 is 0. The second kappa shape index (κ2) is 5.90. The molecule has 0 spiro atoms. The standard InChI is InChI=1S/C12H18N4O5/c1-7-10(16(20)21)8(2)15(14-7)5-9(17)13-6-12(3,4)11(18)19/h5-6H2,1-4H3,(H,13,17)(H,18,19). The molecule has 1 rings (SSSR count). The normalized spacial score (nSPS) is 11.2. The van der Waals surface area contributed by atoms with E-state index in [0.29, 0.717) is 0 Å². The summed E-state index contributed by atoms with van der Waals surface area (Å²) in [5.74, 6) is -1.48. The molecule has 0 fully saturated rings. The molecule has 0 saturated carbocycles. The molecule has 0 aliphatic rings. The summed E-state index contributed by atoms with van der Waals surface area (Å²) in [7, 11) is 0. The van der Waals surface area contributed by atoms with Crippen LogP contribution in [0.5, 0.6) is 0 Å². The van der Waals surface area contributed by atoms with Gasteiger partial charge in [0, 0.05) is 6.54 Å². The van der Waals surface area contributed by atoms with Crippen LogP contribution >= 0.6 is 0 Å². The number of amides is 1. The van der Waals surface area contributed by atoms with Crippen LogP contribution < -0.4 is 5.32 Å². The van der Waals surface area contributed by atoms with Crippen LogP contribution in [-0.4, -0.2) is 38.2 Å². The molecule has 9 nitrogen and oxygen atoms in total. The zero-order valence-electron chi connectivity index (χ0n) is 12.3. The van der Waals surface area contributed by atoms with E-state index in [1.165, 1.54) is 32.4 Å². The van der Waals surface area contributed by atoms with Gasteiger partial charge in [-0.15, -0.1) is 0 Å². The van der Waals surface area contributed by atoms with Crippen LogP contribution in [0.3, 0.4) is 0 Å². The van der Waals surface area contributed by atoms with Crippen LogP contribution in [-0.2, 0) is 16.1 Å². The minimum atomic E-state index is -1.09. The van der Waals surface area contributed by atoms with Crippen molar-refractivity contribution >= 4 is 17.6 Å². The van der Waals surface area contributed by atoms with Gasteiger partial charge < -0.3 is 10.4 Å². The molecular weight excluding hydrogens is 280 g/mol. The third-order valence-electron chi connectivity index (χ3n) is 3.13. The lowest BCUT2D eigenvalue weighted by atomic mass is 9.94. The highest BCUT2D eigenvalue weighted by atomic mass is 16.6. The Labute approximate surface area is 121 Å². The van der Waals surface area contributed by atoms with E-state index in [1.54, 1.807) is 0 Å². The molecule has 0 unspecified atom stereocenters. The largest absolute Gasteiger partial charge is 0.481 e. The first-order valence-corrected chi connectivity index (χ1v) is 6.24. The Bertz CT molecular complexity index is 591. The number of nitrogens with one attached hydrogen (secondary N) is 1. The maximum absolute atomic E-state index is 11.8. The van der Waals surface area contributed by atoms with E-state index < -0.39 is 22.2 Å². The summed E-state index contributed by atoms with van der Waals surface area (Å²) in [6.07, 6.45) is 0. The van der Waals surface area contributed by atoms with Crippen molar-refractivity contribution in [2.24, 2.45) is 5.41 Å². The zero-order chi connectivity index (χ0) is 16.4. The maximum Gasteiger partial charge on any atom is 0.312 e. The van der Waals surface area contributed by atoms with Gasteiger partial charge in [0.15, 0.2) is 0 Å². The first-order valence-electron chi connectivity index (χ1n) is 6.24. The molecule has 21 heavy (non-hydrogen) atoms. The van der Waals surface area contributed by atoms with Gasteiger partial charge in [0.2, 0.25) is 5.91 Å². The minimum Gasteiger partial charge on any atom is -0.481 e. The molecule has 9 heteroatoms. The highest BCUT2D eigenvalue weighted by Crippen LogP contribution is 2.21. The Morgan fingerprint density at radius 1 is 1.43 bits per heavy atom.